The van der Waals surface area contributed by atoms with Crippen LogP contribution in [0.25, 0.3) is 0 Å². The number of hydrogen-bond donors (Lipinski definition) is 1. The number of ether oxygens (including phenoxy) is 1. The van der Waals surface area contributed by atoms with E-state index in [2.05, 4.69) is 10.1 Å². The van der Waals surface area contributed by atoms with Crippen LogP contribution >= 0.6 is 11.6 Å². The van der Waals surface area contributed by atoms with Gasteiger partial charge in [-0.3, -0.25) is 4.79 Å². The number of nitrogens with one attached hydrogen (secondary N) is 1. The fourth-order valence-electron chi connectivity index (χ4n) is 1.34. The van der Waals surface area contributed by atoms with Gasteiger partial charge in [0.05, 0.1) is 10.6 Å². The molecule has 8 heteroatoms. The van der Waals surface area contributed by atoms with E-state index in [4.69, 9.17) is 11.6 Å². The third-order valence-electron chi connectivity index (χ3n) is 2.20. The van der Waals surface area contributed by atoms with Crippen molar-refractivity contribution in [1.82, 2.24) is 0 Å². The van der Waals surface area contributed by atoms with Gasteiger partial charge in [0, 0.05) is 11.8 Å². The highest BCUT2D eigenvalue weighted by molar-refractivity contribution is 6.31. The lowest BCUT2D eigenvalue weighted by atomic mass is 10.2. The van der Waals surface area contributed by atoms with E-state index in [0.29, 0.717) is 6.07 Å². The van der Waals surface area contributed by atoms with Crippen LogP contribution in [0, 0.1) is 0 Å². The molecule has 0 aliphatic rings. The van der Waals surface area contributed by atoms with Crippen molar-refractivity contribution < 1.29 is 27.5 Å². The second-order valence-electron chi connectivity index (χ2n) is 3.85. The van der Waals surface area contributed by atoms with Crippen LogP contribution < -0.4 is 5.32 Å². The molecular formula is C13H11ClF3NO3. The average molecular weight is 322 g/mol. The number of hydrogen-bond acceptors (Lipinski definition) is 3. The molecule has 0 aliphatic heterocycles. The molecule has 1 aromatic rings. The summed E-state index contributed by atoms with van der Waals surface area (Å²) in [6.45, 7) is 0.987. The summed E-state index contributed by atoms with van der Waals surface area (Å²) in [5.41, 5.74) is -1.16. The number of carbonyl (C=O) groups excluding carboxylic acids is 2. The molecule has 1 amide bonds. The Morgan fingerprint density at radius 3 is 2.62 bits per heavy atom. The molecule has 21 heavy (non-hydrogen) atoms. The molecule has 0 fully saturated rings. The van der Waals surface area contributed by atoms with Crippen molar-refractivity contribution in [3.05, 3.63) is 40.9 Å². The maximum absolute atomic E-state index is 12.6. The van der Waals surface area contributed by atoms with Crippen molar-refractivity contribution in [3.63, 3.8) is 0 Å². The first-order valence-corrected chi connectivity index (χ1v) is 6.08. The maximum atomic E-state index is 12.6. The Kier molecular flexibility index (Phi) is 5.78. The van der Waals surface area contributed by atoms with Crippen molar-refractivity contribution in [2.75, 3.05) is 11.9 Å². The van der Waals surface area contributed by atoms with Crippen molar-refractivity contribution in [2.24, 2.45) is 0 Å². The van der Waals surface area contributed by atoms with Gasteiger partial charge in [-0.1, -0.05) is 17.7 Å². The molecular weight excluding hydrogens is 311 g/mol. The highest BCUT2D eigenvalue weighted by Gasteiger charge is 2.33. The van der Waals surface area contributed by atoms with E-state index in [1.165, 1.54) is 12.1 Å². The van der Waals surface area contributed by atoms with Crippen molar-refractivity contribution >= 4 is 29.2 Å². The number of amides is 1. The third-order valence-corrected chi connectivity index (χ3v) is 2.53. The molecule has 1 rings (SSSR count). The highest BCUT2D eigenvalue weighted by Crippen LogP contribution is 2.36. The Morgan fingerprint density at radius 1 is 1.38 bits per heavy atom. The second kappa shape index (κ2) is 7.12. The number of anilines is 1. The van der Waals surface area contributed by atoms with Gasteiger partial charge < -0.3 is 10.1 Å². The molecule has 1 N–H and O–H groups in total. The number of benzene rings is 1. The largest absolute Gasteiger partial charge is 0.452 e. The van der Waals surface area contributed by atoms with E-state index < -0.39 is 35.2 Å². The van der Waals surface area contributed by atoms with Gasteiger partial charge in [0.1, 0.15) is 0 Å². The second-order valence-corrected chi connectivity index (χ2v) is 4.26. The van der Waals surface area contributed by atoms with Gasteiger partial charge in [-0.2, -0.15) is 13.2 Å². The van der Waals surface area contributed by atoms with Crippen molar-refractivity contribution in [2.45, 2.75) is 13.1 Å². The maximum Gasteiger partial charge on any atom is 0.417 e. The fourth-order valence-corrected chi connectivity index (χ4v) is 1.56. The number of rotatable bonds is 4. The molecule has 0 atom stereocenters. The highest BCUT2D eigenvalue weighted by atomic mass is 35.5. The summed E-state index contributed by atoms with van der Waals surface area (Å²) in [4.78, 5) is 22.4. The first-order valence-electron chi connectivity index (χ1n) is 5.70. The Bertz CT molecular complexity index is 570. The van der Waals surface area contributed by atoms with Crippen LogP contribution in [-0.4, -0.2) is 18.5 Å². The first-order chi connectivity index (χ1) is 9.74. The van der Waals surface area contributed by atoms with E-state index in [1.807, 2.05) is 0 Å². The summed E-state index contributed by atoms with van der Waals surface area (Å²) in [6.07, 6.45) is -2.09. The predicted octanol–water partition coefficient (Wildman–Crippen LogP) is 3.42. The molecule has 0 saturated heterocycles. The molecule has 0 saturated carbocycles. The molecule has 0 unspecified atom stereocenters. The van der Waals surface area contributed by atoms with Gasteiger partial charge in [0.15, 0.2) is 6.61 Å². The standard InChI is InChI=1S/C13H11ClF3NO3/c1-2-3-12(20)21-7-11(19)18-8-4-5-10(14)9(6-8)13(15,16)17/h2-6H,7H2,1H3,(H,18,19)/b3-2+. The monoisotopic (exact) mass is 321 g/mol. The van der Waals surface area contributed by atoms with E-state index >= 15 is 0 Å². The summed E-state index contributed by atoms with van der Waals surface area (Å²) in [5, 5.41) is 1.71. The summed E-state index contributed by atoms with van der Waals surface area (Å²) >= 11 is 5.45. The molecule has 4 nitrogen and oxygen atoms in total. The number of alkyl halides is 3. The lowest BCUT2D eigenvalue weighted by Crippen LogP contribution is -2.20. The lowest BCUT2D eigenvalue weighted by Gasteiger charge is -2.11. The molecule has 0 spiro atoms. The van der Waals surface area contributed by atoms with Gasteiger partial charge in [-0.15, -0.1) is 0 Å². The number of halogens is 4. The molecule has 0 aromatic heterocycles. The Labute approximate surface area is 123 Å². The topological polar surface area (TPSA) is 55.4 Å². The quantitative estimate of drug-likeness (QED) is 0.683. The van der Waals surface area contributed by atoms with E-state index in [0.717, 1.165) is 12.1 Å². The smallest absolute Gasteiger partial charge is 0.417 e. The fraction of sp³-hybridized carbons (Fsp3) is 0.231. The van der Waals surface area contributed by atoms with Gasteiger partial charge in [0.2, 0.25) is 0 Å². The van der Waals surface area contributed by atoms with E-state index in [-0.39, 0.29) is 5.69 Å². The summed E-state index contributed by atoms with van der Waals surface area (Å²) in [6, 6.07) is 2.93. The lowest BCUT2D eigenvalue weighted by molar-refractivity contribution is -0.142. The van der Waals surface area contributed by atoms with Crippen molar-refractivity contribution in [3.8, 4) is 0 Å². The predicted molar refractivity (Wildman–Crippen MR) is 70.9 cm³/mol. The average Bonchev–Trinajstić information content (AvgIpc) is 2.38. The third kappa shape index (κ3) is 5.47. The van der Waals surface area contributed by atoms with E-state index in [9.17, 15) is 22.8 Å². The minimum atomic E-state index is -4.63. The molecule has 0 bridgehead atoms. The summed E-state index contributed by atoms with van der Waals surface area (Å²) in [5.74, 6) is -1.48. The van der Waals surface area contributed by atoms with Crippen molar-refractivity contribution in [1.29, 1.82) is 0 Å². The number of carbonyl (C=O) groups is 2. The summed E-state index contributed by atoms with van der Waals surface area (Å²) in [7, 11) is 0. The molecule has 114 valence electrons. The zero-order valence-electron chi connectivity index (χ0n) is 10.8. The minimum Gasteiger partial charge on any atom is -0.452 e. The van der Waals surface area contributed by atoms with Gasteiger partial charge in [-0.05, 0) is 25.1 Å². The molecule has 0 radical (unpaired) electrons. The van der Waals surface area contributed by atoms with Crippen LogP contribution in [0.15, 0.2) is 30.4 Å². The van der Waals surface area contributed by atoms with Gasteiger partial charge in [-0.25, -0.2) is 4.79 Å². The zero-order valence-corrected chi connectivity index (χ0v) is 11.6. The van der Waals surface area contributed by atoms with Crippen LogP contribution in [-0.2, 0) is 20.5 Å². The van der Waals surface area contributed by atoms with Crippen LogP contribution in [0.4, 0.5) is 18.9 Å². The molecule has 0 aliphatic carbocycles. The SMILES string of the molecule is C/C=C/C(=O)OCC(=O)Nc1ccc(Cl)c(C(F)(F)F)c1. The van der Waals surface area contributed by atoms with Gasteiger partial charge in [0.25, 0.3) is 5.91 Å². The van der Waals surface area contributed by atoms with Crippen LogP contribution in [0.1, 0.15) is 12.5 Å². The normalized spacial score (nSPS) is 11.5. The first kappa shape index (κ1) is 17.0. The number of allylic oxidation sites excluding steroid dienone is 1. The number of esters is 1. The van der Waals surface area contributed by atoms with Crippen LogP contribution in [0.3, 0.4) is 0 Å². The Hall–Kier alpha value is -2.02. The Morgan fingerprint density at radius 2 is 2.05 bits per heavy atom. The van der Waals surface area contributed by atoms with Crippen LogP contribution in [0.5, 0.6) is 0 Å². The van der Waals surface area contributed by atoms with Gasteiger partial charge >= 0.3 is 12.1 Å². The zero-order chi connectivity index (χ0) is 16.0. The minimum absolute atomic E-state index is 0.0983. The van der Waals surface area contributed by atoms with E-state index in [1.54, 1.807) is 6.92 Å². The molecule has 1 aromatic carbocycles. The molecule has 0 heterocycles. The van der Waals surface area contributed by atoms with Crippen LogP contribution in [0.2, 0.25) is 5.02 Å². The Balaban J connectivity index is 2.71. The summed E-state index contributed by atoms with van der Waals surface area (Å²) < 4.78 is 42.4.